The largest absolute Gasteiger partial charge is 0.495 e. The Bertz CT molecular complexity index is 796. The lowest BCUT2D eigenvalue weighted by atomic mass is 10.2. The molecule has 1 aliphatic heterocycles. The maximum Gasteiger partial charge on any atom is 0.234 e. The number of amides is 1. The number of halogens is 1. The molecule has 0 radical (unpaired) electrons. The number of carbonyl (C=O) groups is 1. The highest BCUT2D eigenvalue weighted by Crippen LogP contribution is 2.34. The Labute approximate surface area is 154 Å². The summed E-state index contributed by atoms with van der Waals surface area (Å²) in [5.74, 6) is 1.68. The molecule has 0 aliphatic carbocycles. The molecule has 0 aromatic heterocycles. The van der Waals surface area contributed by atoms with Crippen LogP contribution in [0.15, 0.2) is 47.5 Å². The molecule has 2 aromatic carbocycles. The van der Waals surface area contributed by atoms with E-state index in [9.17, 15) is 4.79 Å². The van der Waals surface area contributed by atoms with E-state index in [-0.39, 0.29) is 5.91 Å². The quantitative estimate of drug-likeness (QED) is 0.817. The number of para-hydroxylation sites is 1. The molecular formula is C17H15ClN2O2S2. The zero-order valence-corrected chi connectivity index (χ0v) is 15.3. The monoisotopic (exact) mass is 378 g/mol. The first-order valence-corrected chi connectivity index (χ1v) is 9.56. The molecular weight excluding hydrogens is 364 g/mol. The van der Waals surface area contributed by atoms with E-state index in [1.807, 2.05) is 18.2 Å². The zero-order valence-electron chi connectivity index (χ0n) is 12.9. The molecule has 1 heterocycles. The van der Waals surface area contributed by atoms with Gasteiger partial charge in [-0.15, -0.1) is 0 Å². The number of nitrogens with zero attached hydrogens (tertiary/aromatic N) is 1. The summed E-state index contributed by atoms with van der Waals surface area (Å²) in [6, 6.07) is 13.2. The van der Waals surface area contributed by atoms with Crippen molar-refractivity contribution in [3.05, 3.63) is 53.1 Å². The van der Waals surface area contributed by atoms with Crippen molar-refractivity contribution in [2.24, 2.45) is 4.99 Å². The molecule has 3 rings (SSSR count). The molecule has 0 spiro atoms. The zero-order chi connectivity index (χ0) is 16.9. The minimum absolute atomic E-state index is 0.0941. The number of aliphatic imine (C=N–C) groups is 1. The van der Waals surface area contributed by atoms with Crippen LogP contribution in [0.2, 0.25) is 5.02 Å². The summed E-state index contributed by atoms with van der Waals surface area (Å²) < 4.78 is 6.01. The summed E-state index contributed by atoms with van der Waals surface area (Å²) in [6.07, 6.45) is 0. The predicted octanol–water partition coefficient (Wildman–Crippen LogP) is 4.95. The van der Waals surface area contributed by atoms with Gasteiger partial charge >= 0.3 is 0 Å². The lowest BCUT2D eigenvalue weighted by Gasteiger charge is -2.14. The number of hydrogen-bond acceptors (Lipinski definition) is 5. The van der Waals surface area contributed by atoms with Crippen molar-refractivity contribution in [3.8, 4) is 5.75 Å². The predicted molar refractivity (Wildman–Crippen MR) is 104 cm³/mol. The summed E-state index contributed by atoms with van der Waals surface area (Å²) in [5, 5.41) is 3.29. The number of nitrogens with one attached hydrogen (secondary N) is 1. The van der Waals surface area contributed by atoms with Gasteiger partial charge in [-0.3, -0.25) is 4.79 Å². The normalized spacial score (nSPS) is 13.0. The lowest BCUT2D eigenvalue weighted by molar-refractivity contribution is -0.113. The van der Waals surface area contributed by atoms with Crippen molar-refractivity contribution >= 4 is 56.8 Å². The van der Waals surface area contributed by atoms with Crippen molar-refractivity contribution in [2.45, 2.75) is 5.75 Å². The molecule has 0 fully saturated rings. The molecule has 7 heteroatoms. The minimum Gasteiger partial charge on any atom is -0.495 e. The summed E-state index contributed by atoms with van der Waals surface area (Å²) >= 11 is 9.16. The van der Waals surface area contributed by atoms with Gasteiger partial charge in [0, 0.05) is 11.4 Å². The van der Waals surface area contributed by atoms with Crippen molar-refractivity contribution in [2.75, 3.05) is 18.2 Å². The molecule has 1 N–H and O–H groups in total. The lowest BCUT2D eigenvalue weighted by Crippen LogP contribution is -2.15. The molecule has 2 aromatic rings. The minimum atomic E-state index is -0.0941. The fourth-order valence-electron chi connectivity index (χ4n) is 2.15. The average Bonchev–Trinajstić information content (AvgIpc) is 2.60. The third-order valence-electron chi connectivity index (χ3n) is 3.32. The number of ether oxygens (including phenoxy) is 1. The first-order valence-electron chi connectivity index (χ1n) is 7.21. The second kappa shape index (κ2) is 7.96. The number of hydrogen-bond donors (Lipinski definition) is 1. The van der Waals surface area contributed by atoms with Gasteiger partial charge in [-0.05, 0) is 29.8 Å². The Balaban J connectivity index is 1.57. The van der Waals surface area contributed by atoms with Crippen molar-refractivity contribution in [1.82, 2.24) is 0 Å². The maximum atomic E-state index is 12.1. The van der Waals surface area contributed by atoms with E-state index >= 15 is 0 Å². The number of benzene rings is 2. The highest BCUT2D eigenvalue weighted by atomic mass is 35.5. The topological polar surface area (TPSA) is 50.7 Å². The van der Waals surface area contributed by atoms with Gasteiger partial charge in [0.25, 0.3) is 0 Å². The number of fused-ring (bicyclic) bond motifs is 1. The van der Waals surface area contributed by atoms with Crippen LogP contribution in [-0.2, 0) is 10.5 Å². The van der Waals surface area contributed by atoms with E-state index in [2.05, 4.69) is 16.4 Å². The highest BCUT2D eigenvalue weighted by molar-refractivity contribution is 8.38. The van der Waals surface area contributed by atoms with Crippen LogP contribution in [0.4, 0.5) is 11.4 Å². The first kappa shape index (κ1) is 17.2. The van der Waals surface area contributed by atoms with Crippen molar-refractivity contribution < 1.29 is 9.53 Å². The molecule has 0 saturated heterocycles. The summed E-state index contributed by atoms with van der Waals surface area (Å²) in [7, 11) is 1.55. The van der Waals surface area contributed by atoms with Gasteiger partial charge in [0.2, 0.25) is 5.91 Å². The van der Waals surface area contributed by atoms with Gasteiger partial charge in [-0.25, -0.2) is 4.99 Å². The highest BCUT2D eigenvalue weighted by Gasteiger charge is 2.14. The number of anilines is 1. The molecule has 0 bridgehead atoms. The Morgan fingerprint density at radius 2 is 2.21 bits per heavy atom. The Hall–Kier alpha value is -1.63. The number of carbonyl (C=O) groups excluding carboxylic acids is 1. The molecule has 1 aliphatic rings. The first-order chi connectivity index (χ1) is 11.7. The second-order valence-corrected chi connectivity index (χ2v) is 7.57. The van der Waals surface area contributed by atoms with E-state index in [0.717, 1.165) is 15.8 Å². The van der Waals surface area contributed by atoms with Crippen LogP contribution in [0.3, 0.4) is 0 Å². The van der Waals surface area contributed by atoms with Crippen molar-refractivity contribution in [3.63, 3.8) is 0 Å². The average molecular weight is 379 g/mol. The summed E-state index contributed by atoms with van der Waals surface area (Å²) in [5.41, 5.74) is 2.86. The van der Waals surface area contributed by atoms with Crippen molar-refractivity contribution in [1.29, 1.82) is 0 Å². The van der Waals surface area contributed by atoms with E-state index in [4.69, 9.17) is 16.3 Å². The fraction of sp³-hybridized carbons (Fsp3) is 0.176. The van der Waals surface area contributed by atoms with Gasteiger partial charge in [-0.1, -0.05) is 53.3 Å². The third kappa shape index (κ3) is 4.26. The Morgan fingerprint density at radius 1 is 1.38 bits per heavy atom. The SMILES string of the molecule is COc1ccc(NC(=O)CSC2=Nc3ccccc3CS2)cc1Cl. The molecule has 4 nitrogen and oxygen atoms in total. The standard InChI is InChI=1S/C17H15ClN2O2S2/c1-22-15-7-6-12(8-13(15)18)19-16(21)10-24-17-20-14-5-3-2-4-11(14)9-23-17/h2-8H,9-10H2,1H3,(H,19,21). The Morgan fingerprint density at radius 3 is 3.00 bits per heavy atom. The van der Waals surface area contributed by atoms with E-state index < -0.39 is 0 Å². The van der Waals surface area contributed by atoms with Crippen LogP contribution in [0, 0.1) is 0 Å². The van der Waals surface area contributed by atoms with Crippen LogP contribution in [-0.4, -0.2) is 23.1 Å². The van der Waals surface area contributed by atoms with Crippen LogP contribution in [0.1, 0.15) is 5.56 Å². The summed E-state index contributed by atoms with van der Waals surface area (Å²) in [4.78, 5) is 16.7. The third-order valence-corrected chi connectivity index (χ3v) is 5.86. The Kier molecular flexibility index (Phi) is 5.71. The number of thioether (sulfide) groups is 2. The molecule has 0 unspecified atom stereocenters. The van der Waals surface area contributed by atoms with Gasteiger partial charge < -0.3 is 10.1 Å². The van der Waals surface area contributed by atoms with Crippen LogP contribution in [0.5, 0.6) is 5.75 Å². The van der Waals surface area contributed by atoms with E-state index in [1.54, 1.807) is 37.1 Å². The molecule has 0 atom stereocenters. The van der Waals surface area contributed by atoms with Crippen LogP contribution >= 0.6 is 35.1 Å². The van der Waals surface area contributed by atoms with Crippen LogP contribution < -0.4 is 10.1 Å². The van der Waals surface area contributed by atoms with Crippen LogP contribution in [0.25, 0.3) is 0 Å². The second-order valence-electron chi connectivity index (χ2n) is 4.98. The molecule has 24 heavy (non-hydrogen) atoms. The smallest absolute Gasteiger partial charge is 0.234 e. The van der Waals surface area contributed by atoms with Gasteiger partial charge in [0.1, 0.15) is 10.1 Å². The summed E-state index contributed by atoms with van der Waals surface area (Å²) in [6.45, 7) is 0. The molecule has 0 saturated carbocycles. The van der Waals surface area contributed by atoms with Gasteiger partial charge in [0.05, 0.1) is 23.6 Å². The number of methoxy groups -OCH3 is 1. The van der Waals surface area contributed by atoms with E-state index in [0.29, 0.717) is 22.2 Å². The van der Waals surface area contributed by atoms with Gasteiger partial charge in [0.15, 0.2) is 0 Å². The van der Waals surface area contributed by atoms with E-state index in [1.165, 1.54) is 17.3 Å². The van der Waals surface area contributed by atoms with Gasteiger partial charge in [-0.2, -0.15) is 0 Å². The maximum absolute atomic E-state index is 12.1. The molecule has 124 valence electrons. The fourth-order valence-corrected chi connectivity index (χ4v) is 4.27. The molecule has 1 amide bonds. The number of rotatable bonds is 4.